The zero-order chi connectivity index (χ0) is 31.9. The van der Waals surface area contributed by atoms with Crippen molar-refractivity contribution in [3.63, 3.8) is 0 Å². The van der Waals surface area contributed by atoms with Crippen LogP contribution in [0.1, 0.15) is 34.3 Å². The van der Waals surface area contributed by atoms with E-state index in [0.29, 0.717) is 17.7 Å². The van der Waals surface area contributed by atoms with Gasteiger partial charge in [0.05, 0.1) is 12.6 Å². The van der Waals surface area contributed by atoms with Crippen molar-refractivity contribution in [2.75, 3.05) is 24.5 Å². The molecule has 2 fully saturated rings. The molecule has 3 unspecified atom stereocenters. The summed E-state index contributed by atoms with van der Waals surface area (Å²) in [6.45, 7) is -0.818. The molecule has 1 aliphatic carbocycles. The number of fused-ring (bicyclic) bond motifs is 1. The second-order valence-corrected chi connectivity index (χ2v) is 11.9. The van der Waals surface area contributed by atoms with Gasteiger partial charge in [0.2, 0.25) is 5.79 Å². The van der Waals surface area contributed by atoms with Crippen LogP contribution in [0.2, 0.25) is 0 Å². The number of aliphatic imine (C=N–C) groups is 2. The standard InChI is InChI=1S/C29H31F2N9O5/c30-27(31)11-5-7-15-6-4-10-17(21(15)27)23(42)35-19-13-40-25(33)34-18(22-28(40,29(19,44)45)37-24(32)36-22)12-39-20(41)14-38(26(39)43)16-8-2-1-3-9-16/h1-4,6,8-10,18-19,22,44-45H,5,7,11-14H2,(H2,33,34)(H,35,42)(H3,32,36,37)/t18-,19?,22?,28?/m0/s1. The van der Waals surface area contributed by atoms with E-state index in [0.717, 1.165) is 4.90 Å². The van der Waals surface area contributed by atoms with Crippen LogP contribution in [0.3, 0.4) is 0 Å². The maximum atomic E-state index is 15.0. The number of benzene rings is 2. The minimum atomic E-state index is -3.23. The normalized spacial score (nSPS) is 29.4. The van der Waals surface area contributed by atoms with Crippen molar-refractivity contribution in [3.05, 3.63) is 65.2 Å². The van der Waals surface area contributed by atoms with E-state index in [1.54, 1.807) is 36.4 Å². The van der Waals surface area contributed by atoms with Gasteiger partial charge in [-0.1, -0.05) is 30.3 Å². The van der Waals surface area contributed by atoms with Crippen LogP contribution in [0.15, 0.2) is 58.5 Å². The van der Waals surface area contributed by atoms with Gasteiger partial charge in [-0.3, -0.25) is 19.4 Å². The van der Waals surface area contributed by atoms with Gasteiger partial charge in [0.1, 0.15) is 18.6 Å². The summed E-state index contributed by atoms with van der Waals surface area (Å²) in [5.74, 6) is -7.89. The van der Waals surface area contributed by atoms with Crippen molar-refractivity contribution in [1.82, 2.24) is 20.4 Å². The maximum absolute atomic E-state index is 15.0. The van der Waals surface area contributed by atoms with E-state index in [1.165, 1.54) is 21.9 Å². The van der Waals surface area contributed by atoms with Gasteiger partial charge in [-0.25, -0.2) is 23.6 Å². The molecule has 4 amide bonds. The van der Waals surface area contributed by atoms with Crippen molar-refractivity contribution >= 4 is 35.5 Å². The van der Waals surface area contributed by atoms with Crippen LogP contribution >= 0.6 is 0 Å². The molecule has 2 saturated heterocycles. The van der Waals surface area contributed by atoms with E-state index < -0.39 is 59.8 Å². The largest absolute Gasteiger partial charge is 0.370 e. The highest BCUT2D eigenvalue weighted by Gasteiger charge is 2.73. The zero-order valence-electron chi connectivity index (χ0n) is 23.9. The molecule has 2 aromatic rings. The van der Waals surface area contributed by atoms with Crippen LogP contribution in [-0.2, 0) is 17.1 Å². The topological polar surface area (TPSA) is 202 Å². The average molecular weight is 624 g/mol. The number of carbonyl (C=O) groups is 3. The summed E-state index contributed by atoms with van der Waals surface area (Å²) in [5.41, 5.74) is 10.6. The third-order valence-corrected chi connectivity index (χ3v) is 9.30. The average Bonchev–Trinajstić information content (AvgIpc) is 3.58. The molecule has 4 atom stereocenters. The quantitative estimate of drug-likeness (QED) is 0.185. The summed E-state index contributed by atoms with van der Waals surface area (Å²) < 4.78 is 29.9. The molecule has 45 heavy (non-hydrogen) atoms. The van der Waals surface area contributed by atoms with Crippen LogP contribution in [-0.4, -0.2) is 99.0 Å². The molecule has 0 bridgehead atoms. The summed E-state index contributed by atoms with van der Waals surface area (Å²) >= 11 is 0. The second-order valence-electron chi connectivity index (χ2n) is 11.9. The number of carbonyl (C=O) groups excluding carboxylic acids is 3. The number of hydrogen-bond acceptors (Lipinski definition) is 11. The first-order chi connectivity index (χ1) is 21.3. The van der Waals surface area contributed by atoms with E-state index in [4.69, 9.17) is 11.5 Å². The minimum absolute atomic E-state index is 0.193. The van der Waals surface area contributed by atoms with Crippen molar-refractivity contribution in [1.29, 1.82) is 0 Å². The summed E-state index contributed by atoms with van der Waals surface area (Å²) in [6, 6.07) is 8.62. The third-order valence-electron chi connectivity index (χ3n) is 9.30. The third kappa shape index (κ3) is 4.15. The fourth-order valence-electron chi connectivity index (χ4n) is 7.24. The molecule has 0 saturated carbocycles. The Labute approximate surface area is 255 Å². The number of nitrogens with zero attached hydrogens (tertiary/aromatic N) is 5. The lowest BCUT2D eigenvalue weighted by atomic mass is 9.84. The van der Waals surface area contributed by atoms with Gasteiger partial charge in [-0.2, -0.15) is 0 Å². The van der Waals surface area contributed by atoms with Crippen molar-refractivity contribution < 1.29 is 33.4 Å². The molecule has 14 nitrogen and oxygen atoms in total. The molecular formula is C29H31F2N9O5. The number of guanidine groups is 2. The van der Waals surface area contributed by atoms with Crippen LogP contribution in [0.5, 0.6) is 0 Å². The minimum Gasteiger partial charge on any atom is -0.370 e. The number of hydrogen-bond donors (Lipinski definition) is 6. The highest BCUT2D eigenvalue weighted by Crippen LogP contribution is 2.46. The highest BCUT2D eigenvalue weighted by atomic mass is 19.3. The number of para-hydroxylation sites is 1. The number of halogens is 2. The van der Waals surface area contributed by atoms with E-state index in [-0.39, 0.29) is 49.1 Å². The van der Waals surface area contributed by atoms with Crippen LogP contribution < -0.4 is 27.0 Å². The van der Waals surface area contributed by atoms with Crippen LogP contribution in [0.25, 0.3) is 0 Å². The van der Waals surface area contributed by atoms with E-state index in [1.807, 2.05) is 0 Å². The smallest absolute Gasteiger partial charge is 0.331 e. The lowest BCUT2D eigenvalue weighted by molar-refractivity contribution is -0.230. The lowest BCUT2D eigenvalue weighted by Gasteiger charge is -2.49. The predicted octanol–water partition coefficient (Wildman–Crippen LogP) is -0.642. The van der Waals surface area contributed by atoms with Crippen molar-refractivity contribution in [2.45, 2.75) is 54.8 Å². The maximum Gasteiger partial charge on any atom is 0.331 e. The van der Waals surface area contributed by atoms with E-state index in [2.05, 4.69) is 20.6 Å². The number of aliphatic hydroxyl groups is 2. The van der Waals surface area contributed by atoms with E-state index in [9.17, 15) is 33.4 Å². The second kappa shape index (κ2) is 9.84. The zero-order valence-corrected chi connectivity index (χ0v) is 23.9. The number of aryl methyl sites for hydroxylation is 1. The Balaban J connectivity index is 1.18. The Morgan fingerprint density at radius 1 is 1.09 bits per heavy atom. The van der Waals surface area contributed by atoms with E-state index >= 15 is 0 Å². The number of urea groups is 1. The summed E-state index contributed by atoms with van der Waals surface area (Å²) in [4.78, 5) is 52.2. The molecule has 16 heteroatoms. The lowest BCUT2D eigenvalue weighted by Crippen LogP contribution is -2.78. The molecule has 0 radical (unpaired) electrons. The van der Waals surface area contributed by atoms with Crippen LogP contribution in [0, 0.1) is 0 Å². The molecule has 7 rings (SSSR count). The van der Waals surface area contributed by atoms with Gasteiger partial charge >= 0.3 is 6.03 Å². The van der Waals surface area contributed by atoms with Gasteiger partial charge in [0, 0.05) is 29.8 Å². The Bertz CT molecular complexity index is 1670. The number of amides is 4. The molecule has 4 heterocycles. The SMILES string of the molecule is NC1=NC2[C@H](CN3C(=O)CN(c4ccccc4)C3=O)N=C(N)N3CC(NC(=O)c4cccc5c4C(F)(F)CCC5)C(O)(O)C23N1. The first-order valence-corrected chi connectivity index (χ1v) is 14.5. The number of anilines is 1. The Morgan fingerprint density at radius 2 is 1.84 bits per heavy atom. The molecule has 1 spiro atoms. The predicted molar refractivity (Wildman–Crippen MR) is 156 cm³/mol. The summed E-state index contributed by atoms with van der Waals surface area (Å²) in [6.07, 6.45) is 0.253. The van der Waals surface area contributed by atoms with Gasteiger partial charge < -0.3 is 37.2 Å². The highest BCUT2D eigenvalue weighted by molar-refractivity contribution is 6.12. The summed E-state index contributed by atoms with van der Waals surface area (Å²) in [5, 5.41) is 28.8. The van der Waals surface area contributed by atoms with Gasteiger partial charge in [0.25, 0.3) is 17.7 Å². The fraction of sp³-hybridized carbons (Fsp3) is 0.414. The fourth-order valence-corrected chi connectivity index (χ4v) is 7.24. The number of imide groups is 1. The Kier molecular flexibility index (Phi) is 6.32. The van der Waals surface area contributed by atoms with Crippen molar-refractivity contribution in [2.24, 2.45) is 21.5 Å². The molecule has 5 aliphatic rings. The molecule has 236 valence electrons. The van der Waals surface area contributed by atoms with Gasteiger partial charge in [-0.05, 0) is 36.6 Å². The number of alkyl halides is 2. The van der Waals surface area contributed by atoms with Gasteiger partial charge in [0.15, 0.2) is 17.6 Å². The Hall–Kier alpha value is -4.83. The molecule has 4 aliphatic heterocycles. The molecule has 0 aromatic heterocycles. The first-order valence-electron chi connectivity index (χ1n) is 14.5. The van der Waals surface area contributed by atoms with Crippen molar-refractivity contribution in [3.8, 4) is 0 Å². The number of rotatable bonds is 5. The van der Waals surface area contributed by atoms with Crippen LogP contribution in [0.4, 0.5) is 19.3 Å². The summed E-state index contributed by atoms with van der Waals surface area (Å²) in [7, 11) is 0. The van der Waals surface area contributed by atoms with Gasteiger partial charge in [-0.15, -0.1) is 0 Å². The first kappa shape index (κ1) is 28.9. The monoisotopic (exact) mass is 623 g/mol. The number of nitrogens with two attached hydrogens (primary N) is 2. The Morgan fingerprint density at radius 3 is 2.60 bits per heavy atom. The molecular weight excluding hydrogens is 592 g/mol. The molecule has 2 aromatic carbocycles. The number of nitrogens with one attached hydrogen (secondary N) is 2. The molecule has 8 N–H and O–H groups in total.